The standard InChI is InChI=1S/C22H27N3OS2/c1-14(2)11-23-22(27)25(13-19-6-5-7-28-19)12-18-10-17-8-15(3)16(4)9-20(17)24-21(18)26/h5-10,14H,11-13H2,1-4H3,(H,23,27)(H,24,26). The molecule has 0 spiro atoms. The van der Waals surface area contributed by atoms with Gasteiger partial charge < -0.3 is 15.2 Å². The summed E-state index contributed by atoms with van der Waals surface area (Å²) < 4.78 is 0. The van der Waals surface area contributed by atoms with Gasteiger partial charge in [-0.05, 0) is 78.1 Å². The monoisotopic (exact) mass is 413 g/mol. The second kappa shape index (κ2) is 8.88. The molecule has 0 bridgehead atoms. The Labute approximate surface area is 175 Å². The number of H-pyrrole nitrogens is 1. The molecule has 0 atom stereocenters. The highest BCUT2D eigenvalue weighted by Gasteiger charge is 2.15. The SMILES string of the molecule is Cc1cc2cc(CN(Cc3cccs3)C(=S)NCC(C)C)c(=O)[nH]c2cc1C. The van der Waals surface area contributed by atoms with Crippen LogP contribution in [0.1, 0.15) is 35.4 Å². The number of hydrogen-bond acceptors (Lipinski definition) is 3. The third kappa shape index (κ3) is 5.00. The minimum Gasteiger partial charge on any atom is -0.362 e. The largest absolute Gasteiger partial charge is 0.362 e. The van der Waals surface area contributed by atoms with Crippen molar-refractivity contribution >= 4 is 39.6 Å². The first-order valence-electron chi connectivity index (χ1n) is 9.52. The van der Waals surface area contributed by atoms with Crippen molar-refractivity contribution in [2.24, 2.45) is 5.92 Å². The number of fused-ring (bicyclic) bond motifs is 1. The summed E-state index contributed by atoms with van der Waals surface area (Å²) in [5.41, 5.74) is 3.94. The molecule has 0 saturated carbocycles. The fourth-order valence-electron chi connectivity index (χ4n) is 3.04. The Morgan fingerprint density at radius 3 is 2.64 bits per heavy atom. The van der Waals surface area contributed by atoms with Gasteiger partial charge in [0.2, 0.25) is 0 Å². The molecule has 6 heteroatoms. The molecule has 0 aliphatic carbocycles. The van der Waals surface area contributed by atoms with E-state index in [4.69, 9.17) is 12.2 Å². The van der Waals surface area contributed by atoms with Gasteiger partial charge in [-0.1, -0.05) is 19.9 Å². The lowest BCUT2D eigenvalue weighted by Crippen LogP contribution is -2.41. The number of aromatic amines is 1. The lowest BCUT2D eigenvalue weighted by molar-refractivity contribution is 0.397. The molecule has 148 valence electrons. The summed E-state index contributed by atoms with van der Waals surface area (Å²) in [6, 6.07) is 10.3. The van der Waals surface area contributed by atoms with Crippen LogP contribution in [0.25, 0.3) is 10.9 Å². The van der Waals surface area contributed by atoms with Gasteiger partial charge in [0, 0.05) is 22.5 Å². The van der Waals surface area contributed by atoms with Crippen molar-refractivity contribution in [2.45, 2.75) is 40.8 Å². The highest BCUT2D eigenvalue weighted by Crippen LogP contribution is 2.19. The predicted molar refractivity (Wildman–Crippen MR) is 123 cm³/mol. The number of thiophene rings is 1. The van der Waals surface area contributed by atoms with E-state index in [1.807, 2.05) is 18.2 Å². The second-order valence-corrected chi connectivity index (χ2v) is 9.08. The first-order valence-corrected chi connectivity index (χ1v) is 10.8. The Morgan fingerprint density at radius 2 is 1.96 bits per heavy atom. The van der Waals surface area contributed by atoms with Crippen molar-refractivity contribution in [1.29, 1.82) is 0 Å². The molecule has 2 N–H and O–H groups in total. The van der Waals surface area contributed by atoms with Gasteiger partial charge >= 0.3 is 0 Å². The molecule has 2 aromatic heterocycles. The molecule has 3 rings (SSSR count). The Hall–Kier alpha value is -2.18. The van der Waals surface area contributed by atoms with Crippen LogP contribution in [-0.2, 0) is 13.1 Å². The van der Waals surface area contributed by atoms with Gasteiger partial charge in [0.1, 0.15) is 0 Å². The molecular weight excluding hydrogens is 386 g/mol. The highest BCUT2D eigenvalue weighted by molar-refractivity contribution is 7.80. The highest BCUT2D eigenvalue weighted by atomic mass is 32.1. The fraction of sp³-hybridized carbons (Fsp3) is 0.364. The summed E-state index contributed by atoms with van der Waals surface area (Å²) >= 11 is 7.35. The molecule has 0 amide bonds. The van der Waals surface area contributed by atoms with Crippen LogP contribution >= 0.6 is 23.6 Å². The third-order valence-corrected chi connectivity index (χ3v) is 6.04. The first-order chi connectivity index (χ1) is 13.3. The van der Waals surface area contributed by atoms with Crippen LogP contribution in [0.4, 0.5) is 0 Å². The van der Waals surface area contributed by atoms with E-state index in [1.165, 1.54) is 16.0 Å². The zero-order chi connectivity index (χ0) is 20.3. The van der Waals surface area contributed by atoms with Crippen molar-refractivity contribution in [3.05, 3.63) is 67.6 Å². The molecule has 0 saturated heterocycles. The van der Waals surface area contributed by atoms with Crippen LogP contribution in [0.15, 0.2) is 40.5 Å². The van der Waals surface area contributed by atoms with Gasteiger partial charge in [0.15, 0.2) is 5.11 Å². The predicted octanol–water partition coefficient (Wildman–Crippen LogP) is 4.74. The van der Waals surface area contributed by atoms with E-state index < -0.39 is 0 Å². The van der Waals surface area contributed by atoms with Crippen LogP contribution in [0.3, 0.4) is 0 Å². The lowest BCUT2D eigenvalue weighted by atomic mass is 10.0. The number of nitrogens with one attached hydrogen (secondary N) is 2. The first kappa shape index (κ1) is 20.6. The van der Waals surface area contributed by atoms with Gasteiger partial charge in [-0.25, -0.2) is 0 Å². The Balaban J connectivity index is 1.90. The van der Waals surface area contributed by atoms with Crippen LogP contribution < -0.4 is 10.9 Å². The van der Waals surface area contributed by atoms with Gasteiger partial charge in [-0.15, -0.1) is 11.3 Å². The maximum atomic E-state index is 12.7. The van der Waals surface area contributed by atoms with Gasteiger partial charge in [-0.2, -0.15) is 0 Å². The average molecular weight is 414 g/mol. The molecule has 28 heavy (non-hydrogen) atoms. The number of aryl methyl sites for hydroxylation is 2. The molecule has 2 heterocycles. The third-order valence-electron chi connectivity index (χ3n) is 4.77. The maximum Gasteiger partial charge on any atom is 0.253 e. The van der Waals surface area contributed by atoms with Crippen LogP contribution in [0.5, 0.6) is 0 Å². The minimum atomic E-state index is -0.0569. The van der Waals surface area contributed by atoms with E-state index in [-0.39, 0.29) is 5.56 Å². The van der Waals surface area contributed by atoms with E-state index in [0.29, 0.717) is 24.1 Å². The zero-order valence-electron chi connectivity index (χ0n) is 16.8. The van der Waals surface area contributed by atoms with Crippen molar-refractivity contribution < 1.29 is 0 Å². The molecule has 0 unspecified atom stereocenters. The summed E-state index contributed by atoms with van der Waals surface area (Å²) in [7, 11) is 0. The number of nitrogens with zero attached hydrogens (tertiary/aromatic N) is 1. The number of pyridine rings is 1. The summed E-state index contributed by atoms with van der Waals surface area (Å²) in [4.78, 5) is 19.0. The fourth-order valence-corrected chi connectivity index (χ4v) is 3.97. The Bertz CT molecular complexity index is 1020. The number of thiocarbonyl (C=S) groups is 1. The van der Waals surface area contributed by atoms with Crippen molar-refractivity contribution in [3.63, 3.8) is 0 Å². The van der Waals surface area contributed by atoms with Crippen molar-refractivity contribution in [1.82, 2.24) is 15.2 Å². The van der Waals surface area contributed by atoms with Crippen molar-refractivity contribution in [3.8, 4) is 0 Å². The van der Waals surface area contributed by atoms with E-state index in [9.17, 15) is 4.79 Å². The van der Waals surface area contributed by atoms with Crippen molar-refractivity contribution in [2.75, 3.05) is 6.54 Å². The van der Waals surface area contributed by atoms with Crippen LogP contribution in [-0.4, -0.2) is 21.5 Å². The van der Waals surface area contributed by atoms with E-state index in [2.05, 4.69) is 60.4 Å². The maximum absolute atomic E-state index is 12.7. The second-order valence-electron chi connectivity index (χ2n) is 7.66. The topological polar surface area (TPSA) is 48.1 Å². The zero-order valence-corrected chi connectivity index (χ0v) is 18.5. The molecule has 4 nitrogen and oxygen atoms in total. The quantitative estimate of drug-likeness (QED) is 0.573. The normalized spacial score (nSPS) is 11.2. The van der Waals surface area contributed by atoms with Gasteiger partial charge in [-0.3, -0.25) is 4.79 Å². The molecule has 0 radical (unpaired) electrons. The lowest BCUT2D eigenvalue weighted by Gasteiger charge is -2.26. The summed E-state index contributed by atoms with van der Waals surface area (Å²) in [5, 5.41) is 7.13. The van der Waals surface area contributed by atoms with E-state index in [0.717, 1.165) is 23.0 Å². The minimum absolute atomic E-state index is 0.0569. The van der Waals surface area contributed by atoms with Crippen LogP contribution in [0, 0.1) is 19.8 Å². The molecule has 0 aliphatic rings. The van der Waals surface area contributed by atoms with Gasteiger partial charge in [0.05, 0.1) is 13.1 Å². The molecule has 0 aliphatic heterocycles. The Morgan fingerprint density at radius 1 is 1.21 bits per heavy atom. The van der Waals surface area contributed by atoms with Gasteiger partial charge in [0.25, 0.3) is 5.56 Å². The molecule has 1 aromatic carbocycles. The van der Waals surface area contributed by atoms with Crippen LogP contribution in [0.2, 0.25) is 0 Å². The average Bonchev–Trinajstić information content (AvgIpc) is 3.14. The molecule has 0 fully saturated rings. The Kier molecular flexibility index (Phi) is 6.52. The smallest absolute Gasteiger partial charge is 0.253 e. The molecule has 3 aromatic rings. The summed E-state index contributed by atoms with van der Waals surface area (Å²) in [6.45, 7) is 10.4. The number of hydrogen-bond donors (Lipinski definition) is 2. The number of rotatable bonds is 6. The van der Waals surface area contributed by atoms with E-state index >= 15 is 0 Å². The summed E-state index contributed by atoms with van der Waals surface area (Å²) in [6.07, 6.45) is 0. The molecular formula is C22H27N3OS2. The number of aromatic nitrogens is 1. The number of benzene rings is 1. The summed E-state index contributed by atoms with van der Waals surface area (Å²) in [5.74, 6) is 0.497. The van der Waals surface area contributed by atoms with E-state index in [1.54, 1.807) is 11.3 Å².